The van der Waals surface area contributed by atoms with E-state index in [-0.39, 0.29) is 17.6 Å². The van der Waals surface area contributed by atoms with Gasteiger partial charge in [-0.25, -0.2) is 4.98 Å². The quantitative estimate of drug-likeness (QED) is 0.594. The third-order valence-corrected chi connectivity index (χ3v) is 1.64. The summed E-state index contributed by atoms with van der Waals surface area (Å²) in [6, 6.07) is 1.53. The Labute approximate surface area is 89.3 Å². The lowest BCUT2D eigenvalue weighted by Gasteiger charge is -2.09. The Balaban J connectivity index is 3.00. The lowest BCUT2D eigenvalue weighted by molar-refractivity contribution is -0.137. The van der Waals surface area contributed by atoms with Gasteiger partial charge in [0, 0.05) is 6.07 Å². The molecule has 1 heterocycles. The van der Waals surface area contributed by atoms with Crippen molar-refractivity contribution in [3.05, 3.63) is 35.5 Å². The number of ether oxygens (including phenoxy) is 1. The molecule has 0 aliphatic rings. The highest BCUT2D eigenvalue weighted by atomic mass is 35.5. The molecule has 1 aromatic heterocycles. The van der Waals surface area contributed by atoms with Crippen LogP contribution >= 0.6 is 11.6 Å². The van der Waals surface area contributed by atoms with Gasteiger partial charge in [0.05, 0.1) is 5.56 Å². The van der Waals surface area contributed by atoms with Crippen LogP contribution in [0.3, 0.4) is 0 Å². The van der Waals surface area contributed by atoms with E-state index in [2.05, 4.69) is 11.6 Å². The molecule has 1 rings (SSSR count). The second-order valence-electron chi connectivity index (χ2n) is 2.61. The van der Waals surface area contributed by atoms with Gasteiger partial charge in [-0.05, 0) is 6.07 Å². The average Bonchev–Trinajstić information content (AvgIpc) is 2.12. The van der Waals surface area contributed by atoms with Gasteiger partial charge in [-0.15, -0.1) is 0 Å². The van der Waals surface area contributed by atoms with Crippen molar-refractivity contribution in [2.24, 2.45) is 0 Å². The standard InChI is InChI=1S/C9H7ClF3NO/c1-2-3-15-8-5-6(9(11,12)13)4-7(10)14-8/h2,4-5H,1,3H2. The Morgan fingerprint density at radius 1 is 1.47 bits per heavy atom. The minimum atomic E-state index is -4.46. The Kier molecular flexibility index (Phi) is 3.57. The Bertz CT molecular complexity index is 365. The molecule has 0 radical (unpaired) electrons. The molecule has 0 fully saturated rings. The SMILES string of the molecule is C=CCOc1cc(C(F)(F)F)cc(Cl)n1. The first-order valence-corrected chi connectivity index (χ1v) is 4.30. The smallest absolute Gasteiger partial charge is 0.416 e. The largest absolute Gasteiger partial charge is 0.473 e. The molecule has 15 heavy (non-hydrogen) atoms. The predicted molar refractivity (Wildman–Crippen MR) is 49.9 cm³/mol. The molecule has 0 aromatic carbocycles. The number of hydrogen-bond donors (Lipinski definition) is 0. The minimum absolute atomic E-state index is 0.0740. The number of aromatic nitrogens is 1. The lowest BCUT2D eigenvalue weighted by Crippen LogP contribution is -2.06. The zero-order chi connectivity index (χ0) is 11.5. The van der Waals surface area contributed by atoms with E-state index >= 15 is 0 Å². The summed E-state index contributed by atoms with van der Waals surface area (Å²) in [5, 5.41) is -0.260. The maximum atomic E-state index is 12.3. The predicted octanol–water partition coefficient (Wildman–Crippen LogP) is 3.32. The van der Waals surface area contributed by atoms with Gasteiger partial charge in [-0.2, -0.15) is 13.2 Å². The number of nitrogens with zero attached hydrogens (tertiary/aromatic N) is 1. The summed E-state index contributed by atoms with van der Waals surface area (Å²) in [7, 11) is 0. The van der Waals surface area contributed by atoms with Crippen LogP contribution in [0.15, 0.2) is 24.8 Å². The molecule has 0 bridgehead atoms. The topological polar surface area (TPSA) is 22.1 Å². The summed E-state index contributed by atoms with van der Waals surface area (Å²) < 4.78 is 41.8. The monoisotopic (exact) mass is 237 g/mol. The molecule has 6 heteroatoms. The van der Waals surface area contributed by atoms with E-state index in [4.69, 9.17) is 16.3 Å². The Morgan fingerprint density at radius 2 is 2.13 bits per heavy atom. The normalized spacial score (nSPS) is 11.2. The van der Waals surface area contributed by atoms with Crippen molar-refractivity contribution >= 4 is 11.6 Å². The zero-order valence-corrected chi connectivity index (χ0v) is 8.27. The zero-order valence-electron chi connectivity index (χ0n) is 7.51. The molecule has 0 aliphatic carbocycles. The Hall–Kier alpha value is -1.23. The van der Waals surface area contributed by atoms with Crippen molar-refractivity contribution in [2.45, 2.75) is 6.18 Å². The van der Waals surface area contributed by atoms with Crippen molar-refractivity contribution in [1.29, 1.82) is 0 Å². The van der Waals surface area contributed by atoms with Crippen LogP contribution in [0.1, 0.15) is 5.56 Å². The summed E-state index contributed by atoms with van der Waals surface area (Å²) in [6.45, 7) is 3.44. The van der Waals surface area contributed by atoms with Gasteiger partial charge in [0.15, 0.2) is 0 Å². The van der Waals surface area contributed by atoms with Gasteiger partial charge >= 0.3 is 6.18 Å². The second kappa shape index (κ2) is 4.53. The molecule has 0 unspecified atom stereocenters. The van der Waals surface area contributed by atoms with Crippen LogP contribution in [0.5, 0.6) is 5.88 Å². The molecule has 1 aromatic rings. The van der Waals surface area contributed by atoms with Crippen LogP contribution in [0.2, 0.25) is 5.15 Å². The third kappa shape index (κ3) is 3.43. The first-order chi connectivity index (χ1) is 6.93. The van der Waals surface area contributed by atoms with Gasteiger partial charge in [0.2, 0.25) is 5.88 Å². The summed E-state index contributed by atoms with van der Waals surface area (Å²) in [5.41, 5.74) is -0.887. The van der Waals surface area contributed by atoms with E-state index in [1.165, 1.54) is 6.08 Å². The molecule has 0 amide bonds. The van der Waals surface area contributed by atoms with Crippen molar-refractivity contribution in [1.82, 2.24) is 4.98 Å². The number of rotatable bonds is 3. The first kappa shape index (κ1) is 11.8. The fraction of sp³-hybridized carbons (Fsp3) is 0.222. The molecule has 0 atom stereocenters. The molecule has 0 N–H and O–H groups in total. The number of hydrogen-bond acceptors (Lipinski definition) is 2. The lowest BCUT2D eigenvalue weighted by atomic mass is 10.2. The van der Waals surface area contributed by atoms with Gasteiger partial charge in [0.25, 0.3) is 0 Å². The molecular formula is C9H7ClF3NO. The number of halogens is 4. The van der Waals surface area contributed by atoms with Crippen LogP contribution < -0.4 is 4.74 Å². The molecule has 82 valence electrons. The van der Waals surface area contributed by atoms with Gasteiger partial charge in [0.1, 0.15) is 11.8 Å². The summed E-state index contributed by atoms with van der Waals surface area (Å²) in [4.78, 5) is 3.58. The van der Waals surface area contributed by atoms with Crippen molar-refractivity contribution < 1.29 is 17.9 Å². The van der Waals surface area contributed by atoms with E-state index in [0.29, 0.717) is 0 Å². The molecule has 0 aliphatic heterocycles. The van der Waals surface area contributed by atoms with E-state index in [0.717, 1.165) is 12.1 Å². The van der Waals surface area contributed by atoms with Crippen LogP contribution in [0, 0.1) is 0 Å². The van der Waals surface area contributed by atoms with Gasteiger partial charge in [-0.3, -0.25) is 0 Å². The fourth-order valence-electron chi connectivity index (χ4n) is 0.855. The van der Waals surface area contributed by atoms with Crippen LogP contribution in [-0.2, 0) is 6.18 Å². The van der Waals surface area contributed by atoms with E-state index < -0.39 is 11.7 Å². The highest BCUT2D eigenvalue weighted by molar-refractivity contribution is 6.29. The molecule has 0 spiro atoms. The first-order valence-electron chi connectivity index (χ1n) is 3.92. The third-order valence-electron chi connectivity index (χ3n) is 1.45. The maximum Gasteiger partial charge on any atom is 0.416 e. The van der Waals surface area contributed by atoms with Crippen molar-refractivity contribution in [3.8, 4) is 5.88 Å². The summed E-state index contributed by atoms with van der Waals surface area (Å²) in [6.07, 6.45) is -3.06. The highest BCUT2D eigenvalue weighted by Crippen LogP contribution is 2.32. The van der Waals surface area contributed by atoms with E-state index in [9.17, 15) is 13.2 Å². The molecule has 0 saturated carbocycles. The molecule has 2 nitrogen and oxygen atoms in total. The van der Waals surface area contributed by atoms with Crippen LogP contribution in [0.4, 0.5) is 13.2 Å². The van der Waals surface area contributed by atoms with E-state index in [1.54, 1.807) is 0 Å². The van der Waals surface area contributed by atoms with Crippen LogP contribution in [-0.4, -0.2) is 11.6 Å². The number of pyridine rings is 1. The fourth-order valence-corrected chi connectivity index (χ4v) is 1.06. The molecule has 0 saturated heterocycles. The second-order valence-corrected chi connectivity index (χ2v) is 3.00. The Morgan fingerprint density at radius 3 is 2.67 bits per heavy atom. The van der Waals surface area contributed by atoms with Gasteiger partial charge < -0.3 is 4.74 Å². The average molecular weight is 238 g/mol. The number of alkyl halides is 3. The van der Waals surface area contributed by atoms with E-state index in [1.807, 2.05) is 0 Å². The summed E-state index contributed by atoms with van der Waals surface area (Å²) >= 11 is 5.42. The van der Waals surface area contributed by atoms with Gasteiger partial charge in [-0.1, -0.05) is 24.3 Å². The summed E-state index contributed by atoms with van der Waals surface area (Å²) in [5.74, 6) is -0.172. The minimum Gasteiger partial charge on any atom is -0.473 e. The van der Waals surface area contributed by atoms with Crippen LogP contribution in [0.25, 0.3) is 0 Å². The van der Waals surface area contributed by atoms with Crippen molar-refractivity contribution in [3.63, 3.8) is 0 Å². The highest BCUT2D eigenvalue weighted by Gasteiger charge is 2.31. The maximum absolute atomic E-state index is 12.3. The van der Waals surface area contributed by atoms with Crippen molar-refractivity contribution in [2.75, 3.05) is 6.61 Å². The molecular weight excluding hydrogens is 231 g/mol.